The van der Waals surface area contributed by atoms with E-state index in [0.717, 1.165) is 12.8 Å². The smallest absolute Gasteiger partial charge is 0.237 e. The summed E-state index contributed by atoms with van der Waals surface area (Å²) in [5.41, 5.74) is 0. The predicted octanol–water partition coefficient (Wildman–Crippen LogP) is -0.622. The molecule has 15 heavy (non-hydrogen) atoms. The van der Waals surface area contributed by atoms with E-state index < -0.39 is 0 Å². The van der Waals surface area contributed by atoms with Gasteiger partial charge in [0.25, 0.3) is 0 Å². The summed E-state index contributed by atoms with van der Waals surface area (Å²) >= 11 is 0. The minimum atomic E-state index is -0.352. The highest BCUT2D eigenvalue weighted by Gasteiger charge is 2.26. The molecule has 5 heteroatoms. The zero-order valence-electron chi connectivity index (χ0n) is 9.46. The maximum Gasteiger partial charge on any atom is 0.237 e. The van der Waals surface area contributed by atoms with Crippen LogP contribution in [0.4, 0.5) is 0 Å². The van der Waals surface area contributed by atoms with Crippen molar-refractivity contribution in [3.05, 3.63) is 0 Å². The molecule has 3 N–H and O–H groups in total. The van der Waals surface area contributed by atoms with E-state index in [1.54, 1.807) is 20.9 Å². The first-order chi connectivity index (χ1) is 7.04. The number of rotatable bonds is 5. The van der Waals surface area contributed by atoms with E-state index in [2.05, 4.69) is 16.0 Å². The molecule has 0 saturated heterocycles. The van der Waals surface area contributed by atoms with E-state index in [4.69, 9.17) is 0 Å². The summed E-state index contributed by atoms with van der Waals surface area (Å²) in [7, 11) is 1.58. The first-order valence-electron chi connectivity index (χ1n) is 5.32. The summed E-state index contributed by atoms with van der Waals surface area (Å²) in [6.45, 7) is 3.50. The van der Waals surface area contributed by atoms with Gasteiger partial charge in [-0.2, -0.15) is 0 Å². The number of nitrogens with one attached hydrogen (secondary N) is 3. The van der Waals surface area contributed by atoms with E-state index in [1.807, 2.05) is 0 Å². The molecule has 1 saturated carbocycles. The van der Waals surface area contributed by atoms with Crippen molar-refractivity contribution in [2.24, 2.45) is 0 Å². The predicted molar refractivity (Wildman–Crippen MR) is 57.3 cm³/mol. The van der Waals surface area contributed by atoms with Gasteiger partial charge < -0.3 is 10.6 Å². The molecule has 0 aliphatic heterocycles. The second kappa shape index (κ2) is 5.11. The lowest BCUT2D eigenvalue weighted by molar-refractivity contribution is -0.124. The van der Waals surface area contributed by atoms with Crippen LogP contribution in [0.5, 0.6) is 0 Å². The van der Waals surface area contributed by atoms with Crippen LogP contribution in [0, 0.1) is 0 Å². The largest absolute Gasteiger partial charge is 0.358 e. The number of carbonyl (C=O) groups is 2. The van der Waals surface area contributed by atoms with Crippen LogP contribution >= 0.6 is 0 Å². The number of amides is 2. The van der Waals surface area contributed by atoms with Crippen LogP contribution in [-0.2, 0) is 9.59 Å². The van der Waals surface area contributed by atoms with Crippen molar-refractivity contribution in [2.45, 2.75) is 44.8 Å². The zero-order chi connectivity index (χ0) is 11.4. The van der Waals surface area contributed by atoms with Crippen molar-refractivity contribution in [3.8, 4) is 0 Å². The molecular formula is C10H19N3O2. The number of hydrogen-bond donors (Lipinski definition) is 3. The summed E-state index contributed by atoms with van der Waals surface area (Å²) in [4.78, 5) is 22.7. The Morgan fingerprint density at radius 3 is 2.13 bits per heavy atom. The van der Waals surface area contributed by atoms with Gasteiger partial charge in [0.15, 0.2) is 0 Å². The summed E-state index contributed by atoms with van der Waals surface area (Å²) in [5.74, 6) is -0.144. The van der Waals surface area contributed by atoms with Gasteiger partial charge in [-0.1, -0.05) is 0 Å². The van der Waals surface area contributed by atoms with Gasteiger partial charge in [-0.25, -0.2) is 0 Å². The Balaban J connectivity index is 2.29. The second-order valence-electron chi connectivity index (χ2n) is 4.01. The van der Waals surface area contributed by atoms with Gasteiger partial charge in [0.05, 0.1) is 12.1 Å². The van der Waals surface area contributed by atoms with Crippen LogP contribution in [0.2, 0.25) is 0 Å². The highest BCUT2D eigenvalue weighted by atomic mass is 16.2. The fourth-order valence-corrected chi connectivity index (χ4v) is 1.30. The monoisotopic (exact) mass is 213 g/mol. The Bertz CT molecular complexity index is 251. The third-order valence-corrected chi connectivity index (χ3v) is 2.46. The molecule has 0 spiro atoms. The molecular weight excluding hydrogens is 194 g/mol. The van der Waals surface area contributed by atoms with Crippen LogP contribution in [0.3, 0.4) is 0 Å². The molecule has 1 aliphatic rings. The number of likely N-dealkylation sites (N-methyl/N-ethyl adjacent to an activating group) is 1. The van der Waals surface area contributed by atoms with Crippen LogP contribution in [0.1, 0.15) is 26.7 Å². The molecule has 1 aliphatic carbocycles. The minimum absolute atomic E-state index is 0.0340. The molecule has 0 aromatic rings. The van der Waals surface area contributed by atoms with Gasteiger partial charge in [0.2, 0.25) is 11.8 Å². The fourth-order valence-electron chi connectivity index (χ4n) is 1.30. The molecule has 0 aromatic heterocycles. The number of carbonyl (C=O) groups excluding carboxylic acids is 2. The lowest BCUT2D eigenvalue weighted by Gasteiger charge is -2.18. The Labute approximate surface area is 90.0 Å². The third kappa shape index (κ3) is 3.87. The molecule has 0 aromatic carbocycles. The van der Waals surface area contributed by atoms with Gasteiger partial charge in [-0.15, -0.1) is 0 Å². The second-order valence-corrected chi connectivity index (χ2v) is 4.01. The molecule has 86 valence electrons. The van der Waals surface area contributed by atoms with Crippen LogP contribution in [0.25, 0.3) is 0 Å². The zero-order valence-corrected chi connectivity index (χ0v) is 9.46. The van der Waals surface area contributed by atoms with E-state index in [9.17, 15) is 9.59 Å². The summed E-state index contributed by atoms with van der Waals surface area (Å²) in [6, 6.07) is -0.329. The highest BCUT2D eigenvalue weighted by Crippen LogP contribution is 2.18. The standard InChI is InChI=1S/C10H19N3O2/c1-6(9(14)11-3)12-7(2)10(15)13-8-4-5-8/h6-8,12H,4-5H2,1-3H3,(H,11,14)(H,13,15). The average Bonchev–Trinajstić information content (AvgIpc) is 3.00. The molecule has 1 rings (SSSR count). The Hall–Kier alpha value is -1.10. The molecule has 2 unspecified atom stereocenters. The fraction of sp³-hybridized carbons (Fsp3) is 0.800. The maximum atomic E-state index is 11.5. The van der Waals surface area contributed by atoms with E-state index in [-0.39, 0.29) is 23.9 Å². The quantitative estimate of drug-likeness (QED) is 0.570. The van der Waals surface area contributed by atoms with Crippen LogP contribution in [-0.4, -0.2) is 37.0 Å². The Kier molecular flexibility index (Phi) is 4.08. The van der Waals surface area contributed by atoms with Gasteiger partial charge in [-0.3, -0.25) is 14.9 Å². The SMILES string of the molecule is CNC(=O)C(C)NC(C)C(=O)NC1CC1. The van der Waals surface area contributed by atoms with Crippen LogP contribution < -0.4 is 16.0 Å². The Morgan fingerprint density at radius 1 is 1.13 bits per heavy atom. The average molecular weight is 213 g/mol. The van der Waals surface area contributed by atoms with E-state index in [1.165, 1.54) is 0 Å². The molecule has 5 nitrogen and oxygen atoms in total. The topological polar surface area (TPSA) is 70.2 Å². The van der Waals surface area contributed by atoms with Crippen molar-refractivity contribution in [2.75, 3.05) is 7.05 Å². The summed E-state index contributed by atoms with van der Waals surface area (Å²) < 4.78 is 0. The van der Waals surface area contributed by atoms with Crippen LogP contribution in [0.15, 0.2) is 0 Å². The van der Waals surface area contributed by atoms with E-state index >= 15 is 0 Å². The van der Waals surface area contributed by atoms with Gasteiger partial charge in [-0.05, 0) is 26.7 Å². The summed E-state index contributed by atoms with van der Waals surface area (Å²) in [5, 5.41) is 8.35. The molecule has 0 bridgehead atoms. The van der Waals surface area contributed by atoms with E-state index in [0.29, 0.717) is 6.04 Å². The van der Waals surface area contributed by atoms with Crippen molar-refractivity contribution < 1.29 is 9.59 Å². The van der Waals surface area contributed by atoms with Crippen molar-refractivity contribution >= 4 is 11.8 Å². The minimum Gasteiger partial charge on any atom is -0.358 e. The van der Waals surface area contributed by atoms with Crippen molar-refractivity contribution in [1.82, 2.24) is 16.0 Å². The third-order valence-electron chi connectivity index (χ3n) is 2.46. The van der Waals surface area contributed by atoms with Gasteiger partial charge in [0, 0.05) is 13.1 Å². The lowest BCUT2D eigenvalue weighted by atomic mass is 10.2. The van der Waals surface area contributed by atoms with Crippen molar-refractivity contribution in [3.63, 3.8) is 0 Å². The first kappa shape index (κ1) is 12.0. The van der Waals surface area contributed by atoms with Gasteiger partial charge in [0.1, 0.15) is 0 Å². The first-order valence-corrected chi connectivity index (χ1v) is 5.32. The number of hydrogen-bond acceptors (Lipinski definition) is 3. The maximum absolute atomic E-state index is 11.5. The summed E-state index contributed by atoms with van der Waals surface area (Å²) in [6.07, 6.45) is 2.15. The van der Waals surface area contributed by atoms with Crippen molar-refractivity contribution in [1.29, 1.82) is 0 Å². The lowest BCUT2D eigenvalue weighted by Crippen LogP contribution is -2.50. The molecule has 2 atom stereocenters. The highest BCUT2D eigenvalue weighted by molar-refractivity contribution is 5.84. The molecule has 1 fully saturated rings. The Morgan fingerprint density at radius 2 is 1.67 bits per heavy atom. The molecule has 2 amide bonds. The van der Waals surface area contributed by atoms with Gasteiger partial charge >= 0.3 is 0 Å². The molecule has 0 heterocycles. The molecule has 0 radical (unpaired) electrons. The normalized spacial score (nSPS) is 19.1.